The van der Waals surface area contributed by atoms with Gasteiger partial charge in [0.25, 0.3) is 11.8 Å². The quantitative estimate of drug-likeness (QED) is 0.545. The molecule has 0 atom stereocenters. The van der Waals surface area contributed by atoms with E-state index in [1.54, 1.807) is 34.8 Å². The van der Waals surface area contributed by atoms with Gasteiger partial charge in [-0.15, -0.1) is 0 Å². The second-order valence-electron chi connectivity index (χ2n) is 10.0. The first-order valence-electron chi connectivity index (χ1n) is 12.3. The second-order valence-corrected chi connectivity index (χ2v) is 10.0. The molecule has 202 valence electrons. The molecule has 0 aromatic carbocycles. The molecule has 1 fully saturated rings. The van der Waals surface area contributed by atoms with Crippen LogP contribution in [0.1, 0.15) is 26.5 Å². The fraction of sp³-hybridized carbons (Fsp3) is 0.423. The van der Waals surface area contributed by atoms with Crippen LogP contribution in [0, 0.1) is 12.3 Å². The number of imidazole rings is 1. The molecule has 3 N–H and O–H groups in total. The van der Waals surface area contributed by atoms with Crippen LogP contribution in [0.3, 0.4) is 0 Å². The van der Waals surface area contributed by atoms with Crippen LogP contribution in [0.5, 0.6) is 5.88 Å². The number of carbonyl (C=O) groups is 2. The normalized spacial score (nSPS) is 17.3. The molecule has 2 aromatic rings. The van der Waals surface area contributed by atoms with Crippen molar-refractivity contribution in [2.45, 2.75) is 33.3 Å². The van der Waals surface area contributed by atoms with E-state index in [2.05, 4.69) is 25.5 Å². The van der Waals surface area contributed by atoms with Gasteiger partial charge in [0, 0.05) is 56.9 Å². The lowest BCUT2D eigenvalue weighted by molar-refractivity contribution is -0.112. The molecule has 2 aromatic heterocycles. The molecule has 4 rings (SSSR count). The number of hydrogen-bond donors (Lipinski definition) is 3. The monoisotopic (exact) mass is 522 g/mol. The lowest BCUT2D eigenvalue weighted by Crippen LogP contribution is -2.50. The van der Waals surface area contributed by atoms with Crippen LogP contribution in [0.4, 0.5) is 10.6 Å². The number of allylic oxidation sites excluding steroid dienone is 3. The molecule has 1 aliphatic heterocycles. The number of amides is 2. The lowest BCUT2D eigenvalue weighted by atomic mass is 9.93. The van der Waals surface area contributed by atoms with Crippen molar-refractivity contribution in [3.8, 4) is 5.88 Å². The number of ether oxygens (including phenoxy) is 2. The average molecular weight is 523 g/mol. The summed E-state index contributed by atoms with van der Waals surface area (Å²) in [5.41, 5.74) is 2.45. The van der Waals surface area contributed by atoms with E-state index >= 15 is 0 Å². The Labute approximate surface area is 221 Å². The summed E-state index contributed by atoms with van der Waals surface area (Å²) in [6.45, 7) is 9.52. The summed E-state index contributed by atoms with van der Waals surface area (Å²) in [6, 6.07) is 0. The number of piperazine rings is 1. The van der Waals surface area contributed by atoms with Crippen LogP contribution in [0.25, 0.3) is 5.65 Å². The van der Waals surface area contributed by atoms with Crippen molar-refractivity contribution in [2.24, 2.45) is 0 Å². The fourth-order valence-electron chi connectivity index (χ4n) is 4.29. The minimum Gasteiger partial charge on any atom is -0.478 e. The summed E-state index contributed by atoms with van der Waals surface area (Å²) in [5.74, 6) is 0.0949. The highest BCUT2D eigenvalue weighted by Gasteiger charge is 2.31. The fourth-order valence-corrected chi connectivity index (χ4v) is 4.29. The van der Waals surface area contributed by atoms with Crippen molar-refractivity contribution in [2.75, 3.05) is 45.7 Å². The molecular weight excluding hydrogens is 488 g/mol. The van der Waals surface area contributed by atoms with E-state index in [1.165, 1.54) is 7.11 Å². The molecule has 38 heavy (non-hydrogen) atoms. The smallest absolute Gasteiger partial charge is 0.410 e. The molecule has 12 nitrogen and oxygen atoms in total. The van der Waals surface area contributed by atoms with E-state index in [-0.39, 0.29) is 29.1 Å². The van der Waals surface area contributed by atoms with E-state index in [9.17, 15) is 9.59 Å². The number of rotatable bonds is 5. The number of aromatic nitrogens is 3. The predicted octanol–water partition coefficient (Wildman–Crippen LogP) is 2.48. The maximum atomic E-state index is 13.2. The summed E-state index contributed by atoms with van der Waals surface area (Å²) in [5, 5.41) is 14.6. The van der Waals surface area contributed by atoms with E-state index in [1.807, 2.05) is 40.0 Å². The Balaban J connectivity index is 1.52. The van der Waals surface area contributed by atoms with Crippen molar-refractivity contribution in [3.63, 3.8) is 0 Å². The number of anilines is 1. The van der Waals surface area contributed by atoms with Crippen LogP contribution in [-0.2, 0) is 9.53 Å². The minimum atomic E-state index is -0.552. The lowest BCUT2D eigenvalue weighted by Gasteiger charge is -2.39. The third kappa shape index (κ3) is 5.63. The topological polar surface area (TPSA) is 137 Å². The summed E-state index contributed by atoms with van der Waals surface area (Å²) < 4.78 is 12.6. The van der Waals surface area contributed by atoms with Crippen LogP contribution < -0.4 is 15.4 Å². The number of carbonyl (C=O) groups excluding carboxylic acids is 2. The zero-order chi connectivity index (χ0) is 27.6. The Hall–Kier alpha value is -4.35. The first-order chi connectivity index (χ1) is 18.0. The summed E-state index contributed by atoms with van der Waals surface area (Å²) in [6.07, 6.45) is 8.30. The summed E-state index contributed by atoms with van der Waals surface area (Å²) >= 11 is 0. The molecule has 0 bridgehead atoms. The zero-order valence-corrected chi connectivity index (χ0v) is 22.6. The van der Waals surface area contributed by atoms with Gasteiger partial charge in [-0.1, -0.05) is 0 Å². The molecule has 2 amide bonds. The summed E-state index contributed by atoms with van der Waals surface area (Å²) in [7, 11) is 3.24. The number of nitrogens with one attached hydrogen (secondary N) is 3. The molecule has 12 heteroatoms. The highest BCUT2D eigenvalue weighted by molar-refractivity contribution is 6.31. The average Bonchev–Trinajstić information content (AvgIpc) is 3.23. The molecule has 1 aliphatic carbocycles. The molecule has 0 spiro atoms. The predicted molar refractivity (Wildman–Crippen MR) is 143 cm³/mol. The molecule has 2 aliphatic rings. The van der Waals surface area contributed by atoms with Crippen molar-refractivity contribution >= 4 is 29.2 Å². The first kappa shape index (κ1) is 26.7. The van der Waals surface area contributed by atoms with Gasteiger partial charge in [0.05, 0.1) is 30.3 Å². The molecule has 3 heterocycles. The Morgan fingerprint density at radius 3 is 2.45 bits per heavy atom. The zero-order valence-electron chi connectivity index (χ0n) is 22.6. The van der Waals surface area contributed by atoms with Gasteiger partial charge in [0.2, 0.25) is 5.65 Å². The molecule has 0 unspecified atom stereocenters. The van der Waals surface area contributed by atoms with Crippen LogP contribution in [-0.4, -0.2) is 87.8 Å². The molecule has 0 saturated carbocycles. The Morgan fingerprint density at radius 1 is 1.11 bits per heavy atom. The van der Waals surface area contributed by atoms with E-state index in [0.717, 1.165) is 11.4 Å². The van der Waals surface area contributed by atoms with Gasteiger partial charge in [0.15, 0.2) is 5.82 Å². The summed E-state index contributed by atoms with van der Waals surface area (Å²) in [4.78, 5) is 38.2. The Kier molecular flexibility index (Phi) is 7.42. The third-order valence-corrected chi connectivity index (χ3v) is 5.99. The number of nitrogens with zero attached hydrogens (tertiary/aromatic N) is 5. The van der Waals surface area contributed by atoms with Crippen molar-refractivity contribution < 1.29 is 19.1 Å². The highest BCUT2D eigenvalue weighted by Crippen LogP contribution is 2.27. The van der Waals surface area contributed by atoms with Crippen LogP contribution >= 0.6 is 0 Å². The van der Waals surface area contributed by atoms with Crippen LogP contribution in [0.2, 0.25) is 0 Å². The van der Waals surface area contributed by atoms with Gasteiger partial charge in [0.1, 0.15) is 5.60 Å². The minimum absolute atomic E-state index is 0.0791. The van der Waals surface area contributed by atoms with E-state index < -0.39 is 11.5 Å². The second kappa shape index (κ2) is 10.6. The van der Waals surface area contributed by atoms with Gasteiger partial charge < -0.3 is 29.9 Å². The van der Waals surface area contributed by atoms with Crippen molar-refractivity contribution in [1.29, 1.82) is 5.41 Å². The number of aryl methyl sites for hydroxylation is 1. The maximum absolute atomic E-state index is 13.2. The van der Waals surface area contributed by atoms with E-state index in [0.29, 0.717) is 37.4 Å². The van der Waals surface area contributed by atoms with Gasteiger partial charge in [-0.25, -0.2) is 9.78 Å². The number of fused-ring (bicyclic) bond motifs is 1. The van der Waals surface area contributed by atoms with Crippen LogP contribution in [0.15, 0.2) is 47.6 Å². The van der Waals surface area contributed by atoms with Gasteiger partial charge in [-0.3, -0.25) is 14.6 Å². The first-order valence-corrected chi connectivity index (χ1v) is 12.3. The maximum Gasteiger partial charge on any atom is 0.410 e. The van der Waals surface area contributed by atoms with E-state index in [4.69, 9.17) is 14.9 Å². The molecular formula is C26H34N8O4. The number of methoxy groups -OCH3 is 1. The molecule has 1 saturated heterocycles. The molecule has 0 radical (unpaired) electrons. The van der Waals surface area contributed by atoms with Gasteiger partial charge in [-0.2, -0.15) is 4.98 Å². The number of hydrogen-bond acceptors (Lipinski definition) is 9. The largest absolute Gasteiger partial charge is 0.478 e. The Morgan fingerprint density at radius 2 is 1.82 bits per heavy atom. The van der Waals surface area contributed by atoms with Gasteiger partial charge in [-0.05, 0) is 39.8 Å². The van der Waals surface area contributed by atoms with Crippen molar-refractivity contribution in [1.82, 2.24) is 29.5 Å². The third-order valence-electron chi connectivity index (χ3n) is 5.99. The highest BCUT2D eigenvalue weighted by atomic mass is 16.6. The SMILES string of the molecule is CN/C=C1\C(=N)C(C(=O)Nc2cn3cc(C)nc3c(OC)n2)=CC=C1N1CCN(C(=O)OC(C)(C)C)CC1. The van der Waals surface area contributed by atoms with Crippen molar-refractivity contribution in [3.05, 3.63) is 53.3 Å². The Bertz CT molecular complexity index is 1360. The standard InChI is InChI=1S/C26H34N8O4/c1-16-14-34-15-20(31-24(37-6)22(34)29-16)30-23(35)17-7-8-19(18(13-28-5)21(17)27)32-9-11-33(12-10-32)25(36)38-26(2,3)4/h7-8,13-15,27-28H,9-12H2,1-6H3,(H,30,35)/b18-13-,27-21?. The van der Waals surface area contributed by atoms with Gasteiger partial charge >= 0.3 is 6.09 Å².